The summed E-state index contributed by atoms with van der Waals surface area (Å²) in [4.78, 5) is 12.0. The molecule has 0 aromatic heterocycles. The lowest BCUT2D eigenvalue weighted by atomic mass is 9.95. The fourth-order valence-corrected chi connectivity index (χ4v) is 2.53. The third-order valence-corrected chi connectivity index (χ3v) is 3.78. The first-order valence-electron chi connectivity index (χ1n) is 6.64. The van der Waals surface area contributed by atoms with Crippen molar-refractivity contribution in [3.8, 4) is 5.75 Å². The smallest absolute Gasteiger partial charge is 0.406 e. The Labute approximate surface area is 125 Å². The average Bonchev–Trinajstić information content (AvgIpc) is 2.40. The molecule has 0 bridgehead atoms. The Morgan fingerprint density at radius 3 is 2.24 bits per heavy atom. The number of alkyl halides is 4. The molecule has 3 nitrogen and oxygen atoms in total. The second kappa shape index (κ2) is 6.56. The van der Waals surface area contributed by atoms with Crippen molar-refractivity contribution in [3.05, 3.63) is 29.8 Å². The number of halogens is 4. The van der Waals surface area contributed by atoms with Crippen LogP contribution >= 0.6 is 11.6 Å². The molecule has 1 N–H and O–H groups in total. The van der Waals surface area contributed by atoms with Gasteiger partial charge in [-0.05, 0) is 49.9 Å². The van der Waals surface area contributed by atoms with E-state index in [9.17, 15) is 18.0 Å². The van der Waals surface area contributed by atoms with Gasteiger partial charge in [0.05, 0.1) is 0 Å². The Morgan fingerprint density at radius 2 is 1.71 bits per heavy atom. The van der Waals surface area contributed by atoms with Gasteiger partial charge in [-0.25, -0.2) is 0 Å². The number of carbonyl (C=O) groups is 1. The summed E-state index contributed by atoms with van der Waals surface area (Å²) in [7, 11) is 0. The molecular weight excluding hydrogens is 307 g/mol. The van der Waals surface area contributed by atoms with Crippen molar-refractivity contribution >= 4 is 17.5 Å². The molecule has 1 aromatic carbocycles. The van der Waals surface area contributed by atoms with Gasteiger partial charge >= 0.3 is 6.36 Å². The largest absolute Gasteiger partial charge is 0.573 e. The van der Waals surface area contributed by atoms with E-state index in [0.29, 0.717) is 5.56 Å². The predicted octanol–water partition coefficient (Wildman–Crippen LogP) is 3.87. The minimum absolute atomic E-state index is 0.0681. The SMILES string of the molecule is O=C(NC1CCC(Cl)CC1)c1ccc(OC(F)(F)F)cc1. The van der Waals surface area contributed by atoms with Crippen LogP contribution in [0.1, 0.15) is 36.0 Å². The molecule has 0 heterocycles. The van der Waals surface area contributed by atoms with Crippen LogP contribution in [-0.2, 0) is 0 Å². The predicted molar refractivity (Wildman–Crippen MR) is 72.5 cm³/mol. The molecule has 1 aromatic rings. The molecule has 1 aliphatic carbocycles. The van der Waals surface area contributed by atoms with Crippen molar-refractivity contribution in [1.29, 1.82) is 0 Å². The van der Waals surface area contributed by atoms with Crippen LogP contribution in [0, 0.1) is 0 Å². The molecule has 1 fully saturated rings. The Bertz CT molecular complexity index is 482. The first-order valence-corrected chi connectivity index (χ1v) is 7.08. The maximum absolute atomic E-state index is 12.0. The summed E-state index contributed by atoms with van der Waals surface area (Å²) in [5.41, 5.74) is 0.303. The second-order valence-corrected chi connectivity index (χ2v) is 5.61. The van der Waals surface area contributed by atoms with Crippen molar-refractivity contribution in [1.82, 2.24) is 5.32 Å². The minimum atomic E-state index is -4.73. The molecule has 0 unspecified atom stereocenters. The van der Waals surface area contributed by atoms with E-state index in [0.717, 1.165) is 37.8 Å². The lowest BCUT2D eigenvalue weighted by Crippen LogP contribution is -2.37. The quantitative estimate of drug-likeness (QED) is 0.858. The zero-order valence-corrected chi connectivity index (χ0v) is 11.9. The van der Waals surface area contributed by atoms with Crippen LogP contribution in [-0.4, -0.2) is 23.7 Å². The Kier molecular flexibility index (Phi) is 4.98. The van der Waals surface area contributed by atoms with Gasteiger partial charge in [0.2, 0.25) is 0 Å². The van der Waals surface area contributed by atoms with Gasteiger partial charge in [-0.2, -0.15) is 0 Å². The molecule has 7 heteroatoms. The summed E-state index contributed by atoms with van der Waals surface area (Å²) in [6.45, 7) is 0. The van der Waals surface area contributed by atoms with E-state index in [4.69, 9.17) is 11.6 Å². The van der Waals surface area contributed by atoms with Crippen molar-refractivity contribution < 1.29 is 22.7 Å². The zero-order chi connectivity index (χ0) is 15.5. The fourth-order valence-electron chi connectivity index (χ4n) is 2.27. The summed E-state index contributed by atoms with van der Waals surface area (Å²) in [5.74, 6) is -0.645. The summed E-state index contributed by atoms with van der Waals surface area (Å²) < 4.78 is 39.8. The van der Waals surface area contributed by atoms with E-state index in [1.807, 2.05) is 0 Å². The van der Waals surface area contributed by atoms with E-state index in [-0.39, 0.29) is 23.1 Å². The van der Waals surface area contributed by atoms with Crippen molar-refractivity contribution in [2.45, 2.75) is 43.5 Å². The van der Waals surface area contributed by atoms with E-state index in [1.54, 1.807) is 0 Å². The second-order valence-electron chi connectivity index (χ2n) is 4.99. The minimum Gasteiger partial charge on any atom is -0.406 e. The Hall–Kier alpha value is -1.43. The first kappa shape index (κ1) is 15.9. The van der Waals surface area contributed by atoms with Gasteiger partial charge < -0.3 is 10.1 Å². The highest BCUT2D eigenvalue weighted by molar-refractivity contribution is 6.20. The van der Waals surface area contributed by atoms with E-state index in [2.05, 4.69) is 10.1 Å². The number of carbonyl (C=O) groups excluding carboxylic acids is 1. The average molecular weight is 322 g/mol. The maximum atomic E-state index is 12.0. The molecule has 0 saturated heterocycles. The topological polar surface area (TPSA) is 38.3 Å². The standard InChI is InChI=1S/C14H15ClF3NO2/c15-10-3-5-11(6-4-10)19-13(20)9-1-7-12(8-2-9)21-14(16,17)18/h1-2,7-8,10-11H,3-6H2,(H,19,20). The monoisotopic (exact) mass is 321 g/mol. The molecular formula is C14H15ClF3NO2. The molecule has 116 valence electrons. The molecule has 0 atom stereocenters. The van der Waals surface area contributed by atoms with Crippen LogP contribution in [0.25, 0.3) is 0 Å². The number of nitrogens with one attached hydrogen (secondary N) is 1. The summed E-state index contributed by atoms with van der Waals surface area (Å²) in [6, 6.07) is 4.93. The highest BCUT2D eigenvalue weighted by Gasteiger charge is 2.31. The molecule has 1 aliphatic rings. The van der Waals surface area contributed by atoms with Crippen molar-refractivity contribution in [3.63, 3.8) is 0 Å². The van der Waals surface area contributed by atoms with Gasteiger partial charge in [0.1, 0.15) is 5.75 Å². The van der Waals surface area contributed by atoms with Gasteiger partial charge in [-0.1, -0.05) is 0 Å². The van der Waals surface area contributed by atoms with Gasteiger partial charge in [-0.3, -0.25) is 4.79 Å². The lowest BCUT2D eigenvalue weighted by Gasteiger charge is -2.25. The summed E-state index contributed by atoms with van der Waals surface area (Å²) in [5, 5.41) is 3.03. The van der Waals surface area contributed by atoms with Crippen LogP contribution in [0.4, 0.5) is 13.2 Å². The van der Waals surface area contributed by atoms with E-state index >= 15 is 0 Å². The number of benzene rings is 1. The first-order chi connectivity index (χ1) is 9.83. The number of rotatable bonds is 3. The van der Waals surface area contributed by atoms with Gasteiger partial charge in [0, 0.05) is 17.0 Å². The van der Waals surface area contributed by atoms with Crippen molar-refractivity contribution in [2.24, 2.45) is 0 Å². The van der Waals surface area contributed by atoms with Crippen LogP contribution in [0.5, 0.6) is 5.75 Å². The van der Waals surface area contributed by atoms with Crippen LogP contribution in [0.15, 0.2) is 24.3 Å². The van der Waals surface area contributed by atoms with E-state index < -0.39 is 6.36 Å². The lowest BCUT2D eigenvalue weighted by molar-refractivity contribution is -0.274. The number of hydrogen-bond acceptors (Lipinski definition) is 2. The molecule has 0 radical (unpaired) electrons. The van der Waals surface area contributed by atoms with Gasteiger partial charge in [0.25, 0.3) is 5.91 Å². The molecule has 1 saturated carbocycles. The maximum Gasteiger partial charge on any atom is 0.573 e. The summed E-state index contributed by atoms with van der Waals surface area (Å²) in [6.07, 6.45) is -1.40. The van der Waals surface area contributed by atoms with Gasteiger partial charge in [0.15, 0.2) is 0 Å². The highest BCUT2D eigenvalue weighted by atomic mass is 35.5. The highest BCUT2D eigenvalue weighted by Crippen LogP contribution is 2.24. The third kappa shape index (κ3) is 5.12. The Morgan fingerprint density at radius 1 is 1.14 bits per heavy atom. The number of amides is 1. The van der Waals surface area contributed by atoms with E-state index in [1.165, 1.54) is 12.1 Å². The molecule has 2 rings (SSSR count). The van der Waals surface area contributed by atoms with Gasteiger partial charge in [-0.15, -0.1) is 24.8 Å². The molecule has 0 aliphatic heterocycles. The fraction of sp³-hybridized carbons (Fsp3) is 0.500. The number of ether oxygens (including phenoxy) is 1. The van der Waals surface area contributed by atoms with Crippen LogP contribution in [0.3, 0.4) is 0 Å². The van der Waals surface area contributed by atoms with Crippen molar-refractivity contribution in [2.75, 3.05) is 0 Å². The third-order valence-electron chi connectivity index (χ3n) is 3.34. The van der Waals surface area contributed by atoms with Crippen LogP contribution in [0.2, 0.25) is 0 Å². The molecule has 0 spiro atoms. The molecule has 1 amide bonds. The Balaban J connectivity index is 1.91. The number of hydrogen-bond donors (Lipinski definition) is 1. The van der Waals surface area contributed by atoms with Crippen LogP contribution < -0.4 is 10.1 Å². The normalized spacial score (nSPS) is 22.7. The molecule has 21 heavy (non-hydrogen) atoms. The summed E-state index contributed by atoms with van der Waals surface area (Å²) >= 11 is 5.99. The zero-order valence-electron chi connectivity index (χ0n) is 11.1.